The molecule has 0 saturated carbocycles. The van der Waals surface area contributed by atoms with Gasteiger partial charge in [-0.15, -0.1) is 0 Å². The molecule has 0 aliphatic heterocycles. The van der Waals surface area contributed by atoms with Gasteiger partial charge in [0.1, 0.15) is 11.5 Å². The molecule has 1 amide bonds. The summed E-state index contributed by atoms with van der Waals surface area (Å²) in [5, 5.41) is 2.69. The highest BCUT2D eigenvalue weighted by Gasteiger charge is 2.15. The molecule has 0 heterocycles. The van der Waals surface area contributed by atoms with E-state index in [0.29, 0.717) is 17.2 Å². The van der Waals surface area contributed by atoms with E-state index in [1.165, 1.54) is 37.5 Å². The molecule has 0 bridgehead atoms. The molecule has 0 aromatic heterocycles. The lowest BCUT2D eigenvalue weighted by Crippen LogP contribution is -2.30. The summed E-state index contributed by atoms with van der Waals surface area (Å²) in [6.45, 7) is 3.49. The van der Waals surface area contributed by atoms with Gasteiger partial charge in [-0.2, -0.15) is 0 Å². The van der Waals surface area contributed by atoms with Gasteiger partial charge in [-0.25, -0.2) is 13.1 Å². The van der Waals surface area contributed by atoms with Crippen LogP contribution in [0, 0.1) is 0 Å². The van der Waals surface area contributed by atoms with Gasteiger partial charge in [0.2, 0.25) is 15.9 Å². The van der Waals surface area contributed by atoms with Gasteiger partial charge in [0.05, 0.1) is 19.1 Å². The highest BCUT2D eigenvalue weighted by atomic mass is 32.2. The molecular formula is C20H24N2O5S. The Kier molecular flexibility index (Phi) is 7.19. The van der Waals surface area contributed by atoms with Crippen molar-refractivity contribution in [2.75, 3.05) is 19.5 Å². The second-order valence-corrected chi connectivity index (χ2v) is 7.94. The number of hydrogen-bond donors (Lipinski definition) is 2. The summed E-state index contributed by atoms with van der Waals surface area (Å²) in [5.74, 6) is 0.879. The molecule has 0 fully saturated rings. The van der Waals surface area contributed by atoms with Crippen LogP contribution in [-0.2, 0) is 14.8 Å². The van der Waals surface area contributed by atoms with E-state index in [2.05, 4.69) is 10.0 Å². The van der Waals surface area contributed by atoms with Crippen LogP contribution in [-0.4, -0.2) is 34.6 Å². The third-order valence-corrected chi connectivity index (χ3v) is 5.35. The van der Waals surface area contributed by atoms with E-state index < -0.39 is 10.0 Å². The van der Waals surface area contributed by atoms with Crippen LogP contribution in [0.5, 0.6) is 11.5 Å². The second kappa shape index (κ2) is 9.38. The number of methoxy groups -OCH3 is 2. The molecule has 2 aromatic carbocycles. The van der Waals surface area contributed by atoms with Gasteiger partial charge < -0.3 is 14.8 Å². The highest BCUT2D eigenvalue weighted by Crippen LogP contribution is 2.25. The predicted molar refractivity (Wildman–Crippen MR) is 109 cm³/mol. The Labute approximate surface area is 165 Å². The van der Waals surface area contributed by atoms with Gasteiger partial charge in [0.25, 0.3) is 0 Å². The van der Waals surface area contributed by atoms with Crippen LogP contribution >= 0.6 is 0 Å². The molecule has 0 radical (unpaired) electrons. The van der Waals surface area contributed by atoms with Crippen molar-refractivity contribution in [1.82, 2.24) is 4.72 Å². The number of nitrogens with one attached hydrogen (secondary N) is 2. The molecule has 0 spiro atoms. The number of hydrogen-bond acceptors (Lipinski definition) is 5. The molecule has 0 atom stereocenters. The summed E-state index contributed by atoms with van der Waals surface area (Å²) in [6, 6.07) is 11.0. The van der Waals surface area contributed by atoms with Crippen LogP contribution in [0.25, 0.3) is 6.08 Å². The van der Waals surface area contributed by atoms with Gasteiger partial charge in [0, 0.05) is 29.4 Å². The number of carbonyl (C=O) groups is 1. The molecular weight excluding hydrogens is 380 g/mol. The minimum atomic E-state index is -3.57. The summed E-state index contributed by atoms with van der Waals surface area (Å²) in [7, 11) is -0.465. The monoisotopic (exact) mass is 404 g/mol. The highest BCUT2D eigenvalue weighted by molar-refractivity contribution is 7.89. The maximum absolute atomic E-state index is 12.1. The molecule has 2 rings (SSSR count). The Morgan fingerprint density at radius 1 is 1.04 bits per heavy atom. The third kappa shape index (κ3) is 5.83. The van der Waals surface area contributed by atoms with Gasteiger partial charge in [-0.05, 0) is 56.3 Å². The molecule has 0 saturated heterocycles. The first-order chi connectivity index (χ1) is 13.2. The lowest BCUT2D eigenvalue weighted by Gasteiger charge is -2.10. The first-order valence-electron chi connectivity index (χ1n) is 8.58. The fraction of sp³-hybridized carbons (Fsp3) is 0.250. The van der Waals surface area contributed by atoms with E-state index in [4.69, 9.17) is 9.47 Å². The summed E-state index contributed by atoms with van der Waals surface area (Å²) >= 11 is 0. The molecule has 2 N–H and O–H groups in total. The van der Waals surface area contributed by atoms with Crippen LogP contribution in [0.1, 0.15) is 19.4 Å². The van der Waals surface area contributed by atoms with Crippen molar-refractivity contribution >= 4 is 27.7 Å². The Bertz CT molecular complexity index is 951. The standard InChI is InChI=1S/C20H24N2O5S/c1-14(2)22-28(24,25)18-10-7-16(8-11-18)21-20(23)12-6-15-5-9-17(26-3)13-19(15)27-4/h5-14,22H,1-4H3,(H,21,23)/b12-6+. The van der Waals surface area contributed by atoms with E-state index in [1.54, 1.807) is 45.2 Å². The molecule has 28 heavy (non-hydrogen) atoms. The predicted octanol–water partition coefficient (Wildman–Crippen LogP) is 3.04. The van der Waals surface area contributed by atoms with E-state index in [9.17, 15) is 13.2 Å². The smallest absolute Gasteiger partial charge is 0.248 e. The largest absolute Gasteiger partial charge is 0.497 e. The Hall–Kier alpha value is -2.84. The van der Waals surface area contributed by atoms with E-state index in [-0.39, 0.29) is 16.8 Å². The molecule has 0 aliphatic rings. The summed E-state index contributed by atoms with van der Waals surface area (Å²) in [4.78, 5) is 12.3. The number of amides is 1. The number of carbonyl (C=O) groups excluding carboxylic acids is 1. The quantitative estimate of drug-likeness (QED) is 0.660. The van der Waals surface area contributed by atoms with Crippen LogP contribution in [0.3, 0.4) is 0 Å². The zero-order chi connectivity index (χ0) is 20.7. The van der Waals surface area contributed by atoms with E-state index >= 15 is 0 Å². The van der Waals surface area contributed by atoms with Crippen LogP contribution in [0.15, 0.2) is 53.4 Å². The lowest BCUT2D eigenvalue weighted by atomic mass is 10.1. The normalized spacial score (nSPS) is 11.6. The van der Waals surface area contributed by atoms with Gasteiger partial charge in [0.15, 0.2) is 0 Å². The zero-order valence-electron chi connectivity index (χ0n) is 16.2. The number of rotatable bonds is 8. The Balaban J connectivity index is 2.06. The Morgan fingerprint density at radius 3 is 2.29 bits per heavy atom. The maximum Gasteiger partial charge on any atom is 0.248 e. The van der Waals surface area contributed by atoms with Crippen molar-refractivity contribution in [3.05, 3.63) is 54.1 Å². The number of sulfonamides is 1. The average molecular weight is 404 g/mol. The fourth-order valence-electron chi connectivity index (χ4n) is 2.40. The van der Waals surface area contributed by atoms with E-state index in [1.807, 2.05) is 0 Å². The fourth-order valence-corrected chi connectivity index (χ4v) is 3.65. The Morgan fingerprint density at radius 2 is 1.71 bits per heavy atom. The van der Waals surface area contributed by atoms with Crippen molar-refractivity contribution in [2.24, 2.45) is 0 Å². The second-order valence-electron chi connectivity index (χ2n) is 6.23. The first-order valence-corrected chi connectivity index (χ1v) is 10.1. The first kappa shape index (κ1) is 21.5. The third-order valence-electron chi connectivity index (χ3n) is 3.68. The van der Waals surface area contributed by atoms with Gasteiger partial charge in [-0.3, -0.25) is 4.79 Å². The lowest BCUT2D eigenvalue weighted by molar-refractivity contribution is -0.111. The minimum Gasteiger partial charge on any atom is -0.497 e. The number of benzene rings is 2. The van der Waals surface area contributed by atoms with Crippen molar-refractivity contribution in [3.63, 3.8) is 0 Å². The molecule has 8 heteroatoms. The summed E-state index contributed by atoms with van der Waals surface area (Å²) in [5.41, 5.74) is 1.21. The molecule has 2 aromatic rings. The molecule has 0 unspecified atom stereocenters. The summed E-state index contributed by atoms with van der Waals surface area (Å²) in [6.07, 6.45) is 2.99. The SMILES string of the molecule is COc1ccc(/C=C/C(=O)Nc2ccc(S(=O)(=O)NC(C)C)cc2)c(OC)c1. The van der Waals surface area contributed by atoms with Crippen molar-refractivity contribution < 1.29 is 22.7 Å². The zero-order valence-corrected chi connectivity index (χ0v) is 17.0. The topological polar surface area (TPSA) is 93.7 Å². The summed E-state index contributed by atoms with van der Waals surface area (Å²) < 4.78 is 37.2. The van der Waals surface area contributed by atoms with Crippen molar-refractivity contribution in [2.45, 2.75) is 24.8 Å². The van der Waals surface area contributed by atoms with Crippen LogP contribution in [0.4, 0.5) is 5.69 Å². The minimum absolute atomic E-state index is 0.137. The van der Waals surface area contributed by atoms with Crippen molar-refractivity contribution in [3.8, 4) is 11.5 Å². The van der Waals surface area contributed by atoms with Gasteiger partial charge >= 0.3 is 0 Å². The average Bonchev–Trinajstić information content (AvgIpc) is 2.65. The van der Waals surface area contributed by atoms with Gasteiger partial charge in [-0.1, -0.05) is 0 Å². The maximum atomic E-state index is 12.1. The van der Waals surface area contributed by atoms with Crippen LogP contribution < -0.4 is 19.5 Å². The van der Waals surface area contributed by atoms with E-state index in [0.717, 1.165) is 5.56 Å². The van der Waals surface area contributed by atoms with Crippen molar-refractivity contribution in [1.29, 1.82) is 0 Å². The molecule has 150 valence electrons. The molecule has 7 nitrogen and oxygen atoms in total. The van der Waals surface area contributed by atoms with Crippen LogP contribution in [0.2, 0.25) is 0 Å². The molecule has 0 aliphatic carbocycles. The number of anilines is 1. The number of ether oxygens (including phenoxy) is 2.